The van der Waals surface area contributed by atoms with Crippen LogP contribution in [0.4, 0.5) is 28.8 Å². The zero-order valence-electron chi connectivity index (χ0n) is 17.3. The van der Waals surface area contributed by atoms with Crippen LogP contribution in [0.3, 0.4) is 0 Å². The van der Waals surface area contributed by atoms with Crippen molar-refractivity contribution in [3.05, 3.63) is 59.8 Å². The van der Waals surface area contributed by atoms with Gasteiger partial charge in [-0.05, 0) is 68.5 Å². The number of rotatable bonds is 5. The fourth-order valence-electron chi connectivity index (χ4n) is 3.66. The number of nitrogens with one attached hydrogen (secondary N) is 2. The maximum absolute atomic E-state index is 4.54. The summed E-state index contributed by atoms with van der Waals surface area (Å²) in [4.78, 5) is 7.00. The van der Waals surface area contributed by atoms with Crippen LogP contribution in [0.5, 0.6) is 0 Å². The molecule has 6 heteroatoms. The lowest BCUT2D eigenvalue weighted by atomic mass is 9.99. The zero-order valence-corrected chi connectivity index (χ0v) is 17.3. The van der Waals surface area contributed by atoms with Gasteiger partial charge in [0.05, 0.1) is 6.20 Å². The van der Waals surface area contributed by atoms with Gasteiger partial charge in [0, 0.05) is 30.2 Å². The molecule has 0 aliphatic carbocycles. The molecule has 1 aromatic heterocycles. The van der Waals surface area contributed by atoms with Crippen LogP contribution in [0.2, 0.25) is 0 Å². The molecule has 0 radical (unpaired) electrons. The van der Waals surface area contributed by atoms with E-state index in [2.05, 4.69) is 94.0 Å². The van der Waals surface area contributed by atoms with E-state index in [1.807, 2.05) is 0 Å². The average molecular weight is 389 g/mol. The third kappa shape index (κ3) is 4.83. The Morgan fingerprint density at radius 1 is 0.966 bits per heavy atom. The van der Waals surface area contributed by atoms with Crippen molar-refractivity contribution in [3.8, 4) is 0 Å². The molecule has 4 rings (SSSR count). The highest BCUT2D eigenvalue weighted by Crippen LogP contribution is 2.25. The van der Waals surface area contributed by atoms with Crippen molar-refractivity contribution in [1.29, 1.82) is 0 Å². The second kappa shape index (κ2) is 8.47. The van der Waals surface area contributed by atoms with Crippen LogP contribution in [-0.2, 0) is 0 Å². The molecule has 1 fully saturated rings. The Morgan fingerprint density at radius 3 is 2.45 bits per heavy atom. The molecule has 6 nitrogen and oxygen atoms in total. The van der Waals surface area contributed by atoms with Crippen LogP contribution >= 0.6 is 0 Å². The SMILES string of the molecule is Cc1ccc(Nc2cnnc(Nc3ccc(N4CCC(C)CC4)cc3)n2)c(C)c1. The van der Waals surface area contributed by atoms with Crippen LogP contribution in [0.1, 0.15) is 30.9 Å². The Hall–Kier alpha value is -3.15. The first-order valence-corrected chi connectivity index (χ1v) is 10.2. The molecule has 1 aliphatic rings. The van der Waals surface area contributed by atoms with E-state index in [4.69, 9.17) is 0 Å². The minimum atomic E-state index is 0.472. The van der Waals surface area contributed by atoms with Crippen LogP contribution in [0.15, 0.2) is 48.7 Å². The van der Waals surface area contributed by atoms with Gasteiger partial charge in [-0.25, -0.2) is 0 Å². The molecule has 1 saturated heterocycles. The van der Waals surface area contributed by atoms with Crippen LogP contribution < -0.4 is 15.5 Å². The molecule has 0 saturated carbocycles. The first-order chi connectivity index (χ1) is 14.1. The van der Waals surface area contributed by atoms with Gasteiger partial charge in [0.2, 0.25) is 5.95 Å². The average Bonchev–Trinajstić information content (AvgIpc) is 2.72. The minimum absolute atomic E-state index is 0.472. The predicted molar refractivity (Wildman–Crippen MR) is 119 cm³/mol. The normalized spacial score (nSPS) is 14.7. The third-order valence-corrected chi connectivity index (χ3v) is 5.48. The van der Waals surface area contributed by atoms with Crippen LogP contribution in [-0.4, -0.2) is 28.3 Å². The number of benzene rings is 2. The van der Waals surface area contributed by atoms with E-state index in [0.29, 0.717) is 11.8 Å². The number of hydrogen-bond donors (Lipinski definition) is 2. The Balaban J connectivity index is 1.42. The summed E-state index contributed by atoms with van der Waals surface area (Å²) >= 11 is 0. The van der Waals surface area contributed by atoms with Gasteiger partial charge in [-0.3, -0.25) is 0 Å². The van der Waals surface area contributed by atoms with Crippen molar-refractivity contribution < 1.29 is 0 Å². The van der Waals surface area contributed by atoms with E-state index < -0.39 is 0 Å². The quantitative estimate of drug-likeness (QED) is 0.625. The van der Waals surface area contributed by atoms with Gasteiger partial charge >= 0.3 is 0 Å². The Bertz CT molecular complexity index is 961. The summed E-state index contributed by atoms with van der Waals surface area (Å²) in [7, 11) is 0. The van der Waals surface area contributed by atoms with Gasteiger partial charge in [-0.1, -0.05) is 24.6 Å². The molecule has 2 aromatic carbocycles. The van der Waals surface area contributed by atoms with Gasteiger partial charge in [0.25, 0.3) is 0 Å². The summed E-state index contributed by atoms with van der Waals surface area (Å²) in [5, 5.41) is 14.8. The number of anilines is 5. The molecule has 0 amide bonds. The lowest BCUT2D eigenvalue weighted by Gasteiger charge is -2.32. The molecule has 0 bridgehead atoms. The molecule has 0 unspecified atom stereocenters. The lowest BCUT2D eigenvalue weighted by molar-refractivity contribution is 0.438. The highest BCUT2D eigenvalue weighted by atomic mass is 15.3. The number of aryl methyl sites for hydroxylation is 2. The molecule has 150 valence electrons. The molecule has 0 spiro atoms. The maximum atomic E-state index is 4.54. The third-order valence-electron chi connectivity index (χ3n) is 5.48. The van der Waals surface area contributed by atoms with E-state index >= 15 is 0 Å². The number of nitrogens with zero attached hydrogens (tertiary/aromatic N) is 4. The predicted octanol–water partition coefficient (Wildman–Crippen LogP) is 5.21. The minimum Gasteiger partial charge on any atom is -0.372 e. The fraction of sp³-hybridized carbons (Fsp3) is 0.348. The fourth-order valence-corrected chi connectivity index (χ4v) is 3.66. The van der Waals surface area contributed by atoms with Gasteiger partial charge in [0.15, 0.2) is 5.82 Å². The number of piperidine rings is 1. The first kappa shape index (κ1) is 19.2. The van der Waals surface area contributed by atoms with Crippen molar-refractivity contribution in [1.82, 2.24) is 15.2 Å². The van der Waals surface area contributed by atoms with Crippen molar-refractivity contribution in [2.45, 2.75) is 33.6 Å². The topological polar surface area (TPSA) is 66.0 Å². The molecular formula is C23H28N6. The molecule has 3 aromatic rings. The summed E-state index contributed by atoms with van der Waals surface area (Å²) < 4.78 is 0. The molecule has 2 heterocycles. The van der Waals surface area contributed by atoms with Crippen LogP contribution in [0.25, 0.3) is 0 Å². The maximum Gasteiger partial charge on any atom is 0.249 e. The second-order valence-electron chi connectivity index (χ2n) is 7.95. The van der Waals surface area contributed by atoms with Crippen LogP contribution in [0, 0.1) is 19.8 Å². The molecular weight excluding hydrogens is 360 g/mol. The monoisotopic (exact) mass is 388 g/mol. The largest absolute Gasteiger partial charge is 0.372 e. The smallest absolute Gasteiger partial charge is 0.249 e. The van der Waals surface area contributed by atoms with Gasteiger partial charge in [0.1, 0.15) is 0 Å². The van der Waals surface area contributed by atoms with Gasteiger partial charge in [-0.2, -0.15) is 10.1 Å². The summed E-state index contributed by atoms with van der Waals surface area (Å²) in [5.41, 5.74) is 5.64. The summed E-state index contributed by atoms with van der Waals surface area (Å²) in [6.07, 6.45) is 4.16. The molecule has 1 aliphatic heterocycles. The van der Waals surface area contributed by atoms with Crippen molar-refractivity contribution >= 4 is 28.8 Å². The van der Waals surface area contributed by atoms with E-state index in [9.17, 15) is 0 Å². The summed E-state index contributed by atoms with van der Waals surface area (Å²) in [5.74, 6) is 1.97. The zero-order chi connectivity index (χ0) is 20.2. The van der Waals surface area contributed by atoms with E-state index in [1.165, 1.54) is 29.7 Å². The van der Waals surface area contributed by atoms with Gasteiger partial charge < -0.3 is 15.5 Å². The lowest BCUT2D eigenvalue weighted by Crippen LogP contribution is -2.32. The molecule has 29 heavy (non-hydrogen) atoms. The summed E-state index contributed by atoms with van der Waals surface area (Å²) in [6, 6.07) is 14.7. The highest BCUT2D eigenvalue weighted by molar-refractivity contribution is 5.63. The van der Waals surface area contributed by atoms with E-state index in [-0.39, 0.29) is 0 Å². The number of hydrogen-bond acceptors (Lipinski definition) is 6. The van der Waals surface area contributed by atoms with Crippen molar-refractivity contribution in [2.75, 3.05) is 28.6 Å². The molecule has 2 N–H and O–H groups in total. The highest BCUT2D eigenvalue weighted by Gasteiger charge is 2.15. The second-order valence-corrected chi connectivity index (χ2v) is 7.95. The first-order valence-electron chi connectivity index (χ1n) is 10.2. The number of aromatic nitrogens is 3. The van der Waals surface area contributed by atoms with Crippen molar-refractivity contribution in [2.24, 2.45) is 5.92 Å². The standard InChI is InChI=1S/C23H28N6/c1-16-10-12-29(13-11-16)20-7-5-19(6-8-20)25-23-27-22(15-24-28-23)26-21-9-4-17(2)14-18(21)3/h4-9,14-16H,10-13H2,1-3H3,(H2,25,26,27,28). The van der Waals surface area contributed by atoms with E-state index in [0.717, 1.165) is 30.4 Å². The van der Waals surface area contributed by atoms with Gasteiger partial charge in [-0.15, -0.1) is 5.10 Å². The Labute approximate surface area is 172 Å². The Kier molecular flexibility index (Phi) is 5.60. The van der Waals surface area contributed by atoms with Crippen molar-refractivity contribution in [3.63, 3.8) is 0 Å². The van der Waals surface area contributed by atoms with E-state index in [1.54, 1.807) is 6.20 Å². The summed E-state index contributed by atoms with van der Waals surface area (Å²) in [6.45, 7) is 8.76. The Morgan fingerprint density at radius 2 is 1.72 bits per heavy atom. The molecule has 0 atom stereocenters.